The topological polar surface area (TPSA) is 83.5 Å². The molecule has 0 bridgehead atoms. The van der Waals surface area contributed by atoms with Crippen LogP contribution in [0.15, 0.2) is 0 Å². The van der Waals surface area contributed by atoms with Crippen molar-refractivity contribution in [2.75, 3.05) is 39.5 Å². The first-order valence-electron chi connectivity index (χ1n) is 9.84. The van der Waals surface area contributed by atoms with Crippen LogP contribution in [0, 0.1) is 5.92 Å². The Morgan fingerprint density at radius 2 is 1.41 bits per heavy atom. The van der Waals surface area contributed by atoms with E-state index in [4.69, 9.17) is 5.11 Å². The molecule has 0 amide bonds. The van der Waals surface area contributed by atoms with E-state index in [0.717, 1.165) is 0 Å². The zero-order valence-electron chi connectivity index (χ0n) is 18.2. The molecule has 0 rings (SSSR count). The fourth-order valence-electron chi connectivity index (χ4n) is 3.05. The first-order valence-corrected chi connectivity index (χ1v) is 11.5. The summed E-state index contributed by atoms with van der Waals surface area (Å²) in [5.74, 6) is -5.13. The van der Waals surface area contributed by atoms with Crippen molar-refractivity contribution < 1.29 is 66.7 Å². The molecule has 0 spiro atoms. The molecular weight excluding hydrogens is 518 g/mol. The van der Waals surface area contributed by atoms with E-state index in [-0.39, 0.29) is 30.5 Å². The highest BCUT2D eigenvalue weighted by Gasteiger charge is 2.73. The molecule has 204 valence electrons. The normalized spacial score (nSPS) is 15.4. The van der Waals surface area contributed by atoms with E-state index in [2.05, 4.69) is 4.72 Å². The number of hydrogen-bond acceptors (Lipinski definition) is 3. The van der Waals surface area contributed by atoms with E-state index in [1.165, 1.54) is 0 Å². The van der Waals surface area contributed by atoms with Gasteiger partial charge in [0.2, 0.25) is 10.0 Å². The Balaban J connectivity index is 4.86. The highest BCUT2D eigenvalue weighted by molar-refractivity contribution is 7.89. The van der Waals surface area contributed by atoms with Gasteiger partial charge >= 0.3 is 24.5 Å². The van der Waals surface area contributed by atoms with Crippen LogP contribution < -0.4 is 4.72 Å². The predicted octanol–water partition coefficient (Wildman–Crippen LogP) is 4.03. The lowest BCUT2D eigenvalue weighted by Gasteiger charge is -2.33. The van der Waals surface area contributed by atoms with Crippen molar-refractivity contribution in [2.45, 2.75) is 56.3 Å². The molecule has 0 saturated heterocycles. The highest BCUT2D eigenvalue weighted by atomic mass is 32.2. The molecule has 0 aliphatic carbocycles. The lowest BCUT2D eigenvalue weighted by Crippen LogP contribution is -2.55. The molecule has 0 saturated carbocycles. The minimum atomic E-state index is -6.63. The van der Waals surface area contributed by atoms with Gasteiger partial charge in [0.25, 0.3) is 5.67 Å². The first-order chi connectivity index (χ1) is 14.9. The van der Waals surface area contributed by atoms with Gasteiger partial charge in [-0.25, -0.2) is 22.3 Å². The number of nitrogens with one attached hydrogen (secondary N) is 1. The quantitative estimate of drug-likeness (QED) is 0.196. The summed E-state index contributed by atoms with van der Waals surface area (Å²) in [6.07, 6.45) is -24.1. The number of hydrogen-bond donors (Lipinski definition) is 2. The number of aliphatic carboxylic acids is 1. The van der Waals surface area contributed by atoms with E-state index >= 15 is 0 Å². The van der Waals surface area contributed by atoms with Gasteiger partial charge in [-0.15, -0.1) is 0 Å². The Bertz CT molecular complexity index is 750. The molecule has 0 aromatic carbocycles. The molecule has 0 heterocycles. The van der Waals surface area contributed by atoms with Gasteiger partial charge < -0.3 is 9.59 Å². The van der Waals surface area contributed by atoms with Crippen LogP contribution in [0.4, 0.5) is 43.9 Å². The Hall–Kier alpha value is -1.36. The SMILES string of the molecule is C[N+](C)(CCCNS(=O)(=O)CCCCC(CC(F)(C(F)(F)F)C(F)(F)F)C(F)(F)F)CC(=O)O. The van der Waals surface area contributed by atoms with Gasteiger partial charge in [-0.1, -0.05) is 6.42 Å². The molecule has 17 heteroatoms. The van der Waals surface area contributed by atoms with Crippen LogP contribution in [0.25, 0.3) is 0 Å². The predicted molar refractivity (Wildman–Crippen MR) is 99.8 cm³/mol. The van der Waals surface area contributed by atoms with Gasteiger partial charge in [-0.3, -0.25) is 0 Å². The monoisotopic (exact) mass is 545 g/mol. The fourth-order valence-corrected chi connectivity index (χ4v) is 4.23. The van der Waals surface area contributed by atoms with Gasteiger partial charge in [-0.05, 0) is 12.8 Å². The number of nitrogens with zero attached hydrogens (tertiary/aromatic N) is 1. The Morgan fingerprint density at radius 3 is 1.82 bits per heavy atom. The van der Waals surface area contributed by atoms with Crippen LogP contribution in [0.1, 0.15) is 32.1 Å². The molecule has 0 fully saturated rings. The van der Waals surface area contributed by atoms with Crippen LogP contribution >= 0.6 is 0 Å². The van der Waals surface area contributed by atoms with Crippen molar-refractivity contribution in [1.82, 2.24) is 4.72 Å². The number of alkyl halides is 10. The van der Waals surface area contributed by atoms with Gasteiger partial charge in [-0.2, -0.15) is 39.5 Å². The summed E-state index contributed by atoms with van der Waals surface area (Å²) >= 11 is 0. The van der Waals surface area contributed by atoms with Gasteiger partial charge in [0.15, 0.2) is 6.54 Å². The molecular formula is C17H27F10N2O4S+. The smallest absolute Gasteiger partial charge is 0.431 e. The third-order valence-corrected chi connectivity index (χ3v) is 6.40. The lowest BCUT2D eigenvalue weighted by atomic mass is 9.87. The van der Waals surface area contributed by atoms with Crippen LogP contribution in [0.3, 0.4) is 0 Å². The van der Waals surface area contributed by atoms with Crippen LogP contribution in [-0.4, -0.2) is 87.7 Å². The molecule has 0 aliphatic heterocycles. The fraction of sp³-hybridized carbons (Fsp3) is 0.941. The number of sulfonamides is 1. The van der Waals surface area contributed by atoms with E-state index in [9.17, 15) is 57.1 Å². The van der Waals surface area contributed by atoms with Crippen molar-refractivity contribution in [1.29, 1.82) is 0 Å². The lowest BCUT2D eigenvalue weighted by molar-refractivity contribution is -0.883. The molecule has 34 heavy (non-hydrogen) atoms. The summed E-state index contributed by atoms with van der Waals surface area (Å²) in [4.78, 5) is 10.7. The second-order valence-corrected chi connectivity index (χ2v) is 10.4. The summed E-state index contributed by atoms with van der Waals surface area (Å²) in [7, 11) is -0.853. The minimum Gasteiger partial charge on any atom is -0.477 e. The standard InChI is InChI=1S/C17H26F10N2O4S/c1-29(2,11-13(30)31)8-5-7-28-34(32,33)9-4-3-6-12(15(19,20)21)10-14(18,16(22,23)24)17(25,26)27/h12,28H,3-11H2,1-2H3/p+1. The van der Waals surface area contributed by atoms with Crippen molar-refractivity contribution in [3.05, 3.63) is 0 Å². The molecule has 1 atom stereocenters. The number of carbonyl (C=O) groups is 1. The third-order valence-electron chi connectivity index (χ3n) is 4.93. The van der Waals surface area contributed by atoms with Crippen LogP contribution in [-0.2, 0) is 14.8 Å². The summed E-state index contributed by atoms with van der Waals surface area (Å²) in [6.45, 7) is -0.0855. The summed E-state index contributed by atoms with van der Waals surface area (Å²) in [5, 5.41) is 8.76. The van der Waals surface area contributed by atoms with Crippen LogP contribution in [0.2, 0.25) is 0 Å². The number of rotatable bonds is 14. The number of quaternary nitrogens is 1. The van der Waals surface area contributed by atoms with E-state index in [0.29, 0.717) is 0 Å². The maximum Gasteiger partial charge on any atom is 0.431 e. The molecule has 0 radical (unpaired) electrons. The summed E-state index contributed by atoms with van der Waals surface area (Å²) in [5.41, 5.74) is -6.07. The second-order valence-electron chi connectivity index (χ2n) is 8.51. The number of likely N-dealkylation sites (N-methyl/N-ethyl adjacent to an activating group) is 1. The highest BCUT2D eigenvalue weighted by Crippen LogP contribution is 2.52. The molecule has 6 nitrogen and oxygen atoms in total. The van der Waals surface area contributed by atoms with Gasteiger partial charge in [0.1, 0.15) is 0 Å². The number of halogens is 10. The zero-order chi connectivity index (χ0) is 27.2. The van der Waals surface area contributed by atoms with Crippen molar-refractivity contribution in [3.63, 3.8) is 0 Å². The van der Waals surface area contributed by atoms with Crippen molar-refractivity contribution in [2.24, 2.45) is 5.92 Å². The minimum absolute atomic E-state index is 0.0435. The number of carboxylic acid groups (broad SMARTS) is 1. The molecule has 2 N–H and O–H groups in total. The first kappa shape index (κ1) is 32.6. The second kappa shape index (κ2) is 11.6. The maximum atomic E-state index is 13.7. The van der Waals surface area contributed by atoms with Crippen molar-refractivity contribution >= 4 is 16.0 Å². The Kier molecular flexibility index (Phi) is 11.1. The third kappa shape index (κ3) is 10.9. The molecule has 1 unspecified atom stereocenters. The Morgan fingerprint density at radius 1 is 0.912 bits per heavy atom. The summed E-state index contributed by atoms with van der Waals surface area (Å²) < 4.78 is 154. The molecule has 0 aromatic heterocycles. The average molecular weight is 545 g/mol. The summed E-state index contributed by atoms with van der Waals surface area (Å²) in [6, 6.07) is 0. The Labute approximate surface area is 189 Å². The number of unbranched alkanes of at least 4 members (excludes halogenated alkanes) is 1. The van der Waals surface area contributed by atoms with Gasteiger partial charge in [0.05, 0.1) is 32.3 Å². The largest absolute Gasteiger partial charge is 0.477 e. The van der Waals surface area contributed by atoms with Gasteiger partial charge in [0, 0.05) is 19.4 Å². The number of carboxylic acids is 1. The van der Waals surface area contributed by atoms with E-state index < -0.39 is 77.5 Å². The van der Waals surface area contributed by atoms with Crippen LogP contribution in [0.5, 0.6) is 0 Å². The molecule has 0 aliphatic rings. The zero-order valence-corrected chi connectivity index (χ0v) is 19.1. The van der Waals surface area contributed by atoms with E-state index in [1.807, 2.05) is 0 Å². The maximum absolute atomic E-state index is 13.7. The molecule has 0 aromatic rings. The average Bonchev–Trinajstić information content (AvgIpc) is 2.57. The van der Waals surface area contributed by atoms with Crippen molar-refractivity contribution in [3.8, 4) is 0 Å². The van der Waals surface area contributed by atoms with E-state index in [1.54, 1.807) is 14.1 Å².